The average Bonchev–Trinajstić information content (AvgIpc) is 3.64. The summed E-state index contributed by atoms with van der Waals surface area (Å²) in [5.74, 6) is -0.636. The van der Waals surface area contributed by atoms with Crippen molar-refractivity contribution in [1.29, 1.82) is 0 Å². The Hall–Kier alpha value is -4.52. The molecule has 8 nitrogen and oxygen atoms in total. The fraction of sp³-hybridized carbons (Fsp3) is 0.342. The Morgan fingerprint density at radius 3 is 2.26 bits per heavy atom. The SMILES string of the molecule is CN(CCN(C)C(=O)C(Cc1ccccc1)N(Cc1ccc(N2CCOCC2)cc1)C(=O)C=Cc1ccc(C(F)(F)F)cc1)Cc1nccs1. The summed E-state index contributed by atoms with van der Waals surface area (Å²) < 4.78 is 44.9. The number of carbonyl (C=O) groups is 2. The Labute approximate surface area is 295 Å². The Kier molecular flexibility index (Phi) is 12.8. The summed E-state index contributed by atoms with van der Waals surface area (Å²) in [6.07, 6.45) is 0.408. The number of morpholine rings is 1. The van der Waals surface area contributed by atoms with Gasteiger partial charge in [0, 0.05) is 69.5 Å². The second-order valence-corrected chi connectivity index (χ2v) is 13.3. The lowest BCUT2D eigenvalue weighted by atomic mass is 10.0. The van der Waals surface area contributed by atoms with E-state index in [0.717, 1.165) is 47.0 Å². The number of alkyl halides is 3. The van der Waals surface area contributed by atoms with E-state index < -0.39 is 23.7 Å². The number of halogens is 3. The van der Waals surface area contributed by atoms with E-state index in [9.17, 15) is 22.8 Å². The van der Waals surface area contributed by atoms with Crippen LogP contribution in [0.15, 0.2) is 96.5 Å². The van der Waals surface area contributed by atoms with E-state index in [4.69, 9.17) is 4.74 Å². The molecule has 1 aliphatic rings. The molecule has 2 amide bonds. The lowest BCUT2D eigenvalue weighted by Crippen LogP contribution is -2.51. The first-order chi connectivity index (χ1) is 24.1. The van der Waals surface area contributed by atoms with Gasteiger partial charge in [-0.3, -0.25) is 14.5 Å². The number of aromatic nitrogens is 1. The van der Waals surface area contributed by atoms with Crippen LogP contribution in [-0.4, -0.2) is 91.0 Å². The van der Waals surface area contributed by atoms with Crippen LogP contribution in [0, 0.1) is 0 Å². The molecule has 5 rings (SSSR count). The van der Waals surface area contributed by atoms with Crippen molar-refractivity contribution >= 4 is 34.9 Å². The van der Waals surface area contributed by atoms with Gasteiger partial charge in [-0.2, -0.15) is 13.2 Å². The second-order valence-electron chi connectivity index (χ2n) is 12.3. The van der Waals surface area contributed by atoms with Crippen molar-refractivity contribution in [2.45, 2.75) is 31.7 Å². The van der Waals surface area contributed by atoms with Gasteiger partial charge in [-0.05, 0) is 54.1 Å². The molecule has 50 heavy (non-hydrogen) atoms. The van der Waals surface area contributed by atoms with Gasteiger partial charge < -0.3 is 19.4 Å². The minimum absolute atomic E-state index is 0.153. The van der Waals surface area contributed by atoms with Crippen LogP contribution >= 0.6 is 11.3 Å². The molecule has 0 N–H and O–H groups in total. The third-order valence-electron chi connectivity index (χ3n) is 8.62. The molecule has 0 aliphatic carbocycles. The van der Waals surface area contributed by atoms with Crippen molar-refractivity contribution in [3.8, 4) is 0 Å². The molecule has 1 aliphatic heterocycles. The first kappa shape index (κ1) is 36.8. The number of hydrogen-bond donors (Lipinski definition) is 0. The zero-order chi connectivity index (χ0) is 35.5. The molecule has 3 aromatic carbocycles. The van der Waals surface area contributed by atoms with Crippen LogP contribution in [-0.2, 0) is 40.0 Å². The molecule has 1 fully saturated rings. The van der Waals surface area contributed by atoms with E-state index in [-0.39, 0.29) is 18.9 Å². The average molecular weight is 706 g/mol. The topological polar surface area (TPSA) is 69.2 Å². The number of carbonyl (C=O) groups excluding carboxylic acids is 2. The van der Waals surface area contributed by atoms with Crippen molar-refractivity contribution in [3.05, 3.63) is 124 Å². The van der Waals surface area contributed by atoms with Gasteiger partial charge in [-0.15, -0.1) is 11.3 Å². The smallest absolute Gasteiger partial charge is 0.378 e. The summed E-state index contributed by atoms with van der Waals surface area (Å²) in [4.78, 5) is 40.4. The normalized spacial score (nSPS) is 14.2. The van der Waals surface area contributed by atoms with Crippen LogP contribution in [0.5, 0.6) is 0 Å². The molecule has 1 saturated heterocycles. The second kappa shape index (κ2) is 17.4. The maximum Gasteiger partial charge on any atom is 0.416 e. The van der Waals surface area contributed by atoms with Crippen molar-refractivity contribution in [2.75, 3.05) is 58.4 Å². The summed E-state index contributed by atoms with van der Waals surface area (Å²) in [5, 5.41) is 2.92. The van der Waals surface area contributed by atoms with Crippen LogP contribution in [0.2, 0.25) is 0 Å². The van der Waals surface area contributed by atoms with Crippen LogP contribution in [0.1, 0.15) is 27.3 Å². The zero-order valence-corrected chi connectivity index (χ0v) is 29.1. The molecule has 1 aromatic heterocycles. The highest BCUT2D eigenvalue weighted by Gasteiger charge is 2.32. The fourth-order valence-corrected chi connectivity index (χ4v) is 6.41. The monoisotopic (exact) mass is 705 g/mol. The van der Waals surface area contributed by atoms with Gasteiger partial charge in [0.15, 0.2) is 0 Å². The summed E-state index contributed by atoms with van der Waals surface area (Å²) >= 11 is 1.58. The molecule has 0 spiro atoms. The van der Waals surface area contributed by atoms with Crippen LogP contribution in [0.3, 0.4) is 0 Å². The van der Waals surface area contributed by atoms with E-state index in [1.807, 2.05) is 67.0 Å². The quantitative estimate of drug-likeness (QED) is 0.145. The number of amides is 2. The Balaban J connectivity index is 1.41. The molecule has 1 atom stereocenters. The first-order valence-corrected chi connectivity index (χ1v) is 17.4. The highest BCUT2D eigenvalue weighted by molar-refractivity contribution is 7.09. The maximum absolute atomic E-state index is 14.3. The van der Waals surface area contributed by atoms with E-state index in [0.29, 0.717) is 38.4 Å². The van der Waals surface area contributed by atoms with E-state index in [1.54, 1.807) is 34.4 Å². The third kappa shape index (κ3) is 10.5. The molecule has 0 radical (unpaired) electrons. The van der Waals surface area contributed by atoms with Gasteiger partial charge in [0.05, 0.1) is 25.3 Å². The minimum atomic E-state index is -4.46. The van der Waals surface area contributed by atoms with Gasteiger partial charge in [0.25, 0.3) is 0 Å². The van der Waals surface area contributed by atoms with Crippen LogP contribution in [0.4, 0.5) is 18.9 Å². The first-order valence-electron chi connectivity index (χ1n) is 16.5. The molecule has 264 valence electrons. The molecule has 1 unspecified atom stereocenters. The van der Waals surface area contributed by atoms with Gasteiger partial charge in [0.1, 0.15) is 11.0 Å². The standard InChI is InChI=1S/C38H42F3N5O3S/c1-43(28-35-42-18-25-50-35)19-20-44(2)37(48)34(26-30-6-4-3-5-7-30)46(27-31-10-15-33(16-11-31)45-21-23-49-24-22-45)36(47)17-12-29-8-13-32(14-9-29)38(39,40)41/h3-18,25,34H,19-24,26-28H2,1-2H3. The summed E-state index contributed by atoms with van der Waals surface area (Å²) in [7, 11) is 3.72. The van der Waals surface area contributed by atoms with E-state index >= 15 is 0 Å². The number of thiazole rings is 1. The van der Waals surface area contributed by atoms with Crippen LogP contribution < -0.4 is 4.90 Å². The van der Waals surface area contributed by atoms with Gasteiger partial charge in [-0.1, -0.05) is 54.6 Å². The Bertz CT molecular complexity index is 1680. The molecule has 0 saturated carbocycles. The molecule has 12 heteroatoms. The molecule has 4 aromatic rings. The van der Waals surface area contributed by atoms with Crippen molar-refractivity contribution in [3.63, 3.8) is 0 Å². The van der Waals surface area contributed by atoms with Gasteiger partial charge in [-0.25, -0.2) is 4.98 Å². The minimum Gasteiger partial charge on any atom is -0.378 e. The van der Waals surface area contributed by atoms with Gasteiger partial charge >= 0.3 is 6.18 Å². The number of ether oxygens (including phenoxy) is 1. The summed E-state index contributed by atoms with van der Waals surface area (Å²) in [5.41, 5.74) is 2.46. The van der Waals surface area contributed by atoms with Crippen molar-refractivity contribution in [2.24, 2.45) is 0 Å². The van der Waals surface area contributed by atoms with E-state index in [2.05, 4.69) is 14.8 Å². The van der Waals surface area contributed by atoms with Gasteiger partial charge in [0.2, 0.25) is 11.8 Å². The zero-order valence-electron chi connectivity index (χ0n) is 28.3. The Morgan fingerprint density at radius 2 is 1.62 bits per heavy atom. The number of hydrogen-bond acceptors (Lipinski definition) is 7. The number of anilines is 1. The maximum atomic E-state index is 14.3. The number of likely N-dealkylation sites (N-methyl/N-ethyl adjacent to an activating group) is 2. The predicted octanol–water partition coefficient (Wildman–Crippen LogP) is 6.24. The van der Waals surface area contributed by atoms with Crippen LogP contribution in [0.25, 0.3) is 6.08 Å². The highest BCUT2D eigenvalue weighted by Crippen LogP contribution is 2.29. The fourth-order valence-electron chi connectivity index (χ4n) is 5.71. The Morgan fingerprint density at radius 1 is 0.920 bits per heavy atom. The number of benzene rings is 3. The lowest BCUT2D eigenvalue weighted by Gasteiger charge is -2.34. The predicted molar refractivity (Wildman–Crippen MR) is 191 cm³/mol. The number of nitrogens with zero attached hydrogens (tertiary/aromatic N) is 5. The summed E-state index contributed by atoms with van der Waals surface area (Å²) in [6, 6.07) is 21.3. The largest absolute Gasteiger partial charge is 0.416 e. The summed E-state index contributed by atoms with van der Waals surface area (Å²) in [6.45, 7) is 4.75. The lowest BCUT2D eigenvalue weighted by molar-refractivity contribution is -0.143. The van der Waals surface area contributed by atoms with E-state index in [1.165, 1.54) is 24.3 Å². The number of rotatable bonds is 14. The van der Waals surface area contributed by atoms with Crippen molar-refractivity contribution < 1.29 is 27.5 Å². The third-order valence-corrected chi connectivity index (χ3v) is 9.38. The highest BCUT2D eigenvalue weighted by atomic mass is 32.1. The molecular formula is C38H42F3N5O3S. The van der Waals surface area contributed by atoms with Crippen molar-refractivity contribution in [1.82, 2.24) is 19.7 Å². The molecule has 0 bridgehead atoms. The molecule has 2 heterocycles. The molecular weight excluding hydrogens is 664 g/mol.